The standard InChI is InChI=1S/C26H22N4O4S/c1-16-10-12-17(13-11-16)15-35-26-28-25-23(29-30-26)18-6-2-4-8-20(18)27-24(34-25)19-7-3-5-9-21(19)33-14-22(31)32/h2-13,24,27H,14-15H2,1H3,(H,31,32). The van der Waals surface area contributed by atoms with Crippen LogP contribution in [0.2, 0.25) is 0 Å². The van der Waals surface area contributed by atoms with E-state index in [0.717, 1.165) is 16.8 Å². The second kappa shape index (κ2) is 10.0. The predicted octanol–water partition coefficient (Wildman–Crippen LogP) is 5.11. The van der Waals surface area contributed by atoms with Gasteiger partial charge < -0.3 is 19.9 Å². The van der Waals surface area contributed by atoms with Gasteiger partial charge in [-0.05, 0) is 30.7 Å². The molecule has 4 aromatic rings. The third-order valence-electron chi connectivity index (χ3n) is 5.37. The summed E-state index contributed by atoms with van der Waals surface area (Å²) in [6.07, 6.45) is -0.686. The molecule has 1 aliphatic heterocycles. The number of para-hydroxylation sites is 2. The molecule has 1 aliphatic rings. The number of carbonyl (C=O) groups is 1. The largest absolute Gasteiger partial charge is 0.481 e. The van der Waals surface area contributed by atoms with Crippen LogP contribution in [-0.2, 0) is 10.5 Å². The Hall–Kier alpha value is -4.11. The number of nitrogens with one attached hydrogen (secondary N) is 1. The molecule has 1 aromatic heterocycles. The Morgan fingerprint density at radius 1 is 1.06 bits per heavy atom. The second-order valence-electron chi connectivity index (χ2n) is 7.93. The van der Waals surface area contributed by atoms with Gasteiger partial charge in [-0.1, -0.05) is 71.9 Å². The maximum atomic E-state index is 11.1. The summed E-state index contributed by atoms with van der Waals surface area (Å²) in [5, 5.41) is 21.7. The van der Waals surface area contributed by atoms with Crippen molar-refractivity contribution in [1.82, 2.24) is 15.2 Å². The number of aromatic nitrogens is 3. The molecule has 2 heterocycles. The van der Waals surface area contributed by atoms with E-state index in [1.54, 1.807) is 12.1 Å². The Morgan fingerprint density at radius 2 is 1.83 bits per heavy atom. The molecular weight excluding hydrogens is 464 g/mol. The summed E-state index contributed by atoms with van der Waals surface area (Å²) in [7, 11) is 0. The molecule has 3 aromatic carbocycles. The molecule has 1 unspecified atom stereocenters. The SMILES string of the molecule is Cc1ccc(CSc2nnc3c(n2)OC(c2ccccc2OCC(=O)O)Nc2ccccc2-3)cc1. The van der Waals surface area contributed by atoms with Crippen molar-refractivity contribution in [2.75, 3.05) is 11.9 Å². The van der Waals surface area contributed by atoms with E-state index in [1.165, 1.54) is 17.3 Å². The van der Waals surface area contributed by atoms with Gasteiger partial charge in [-0.2, -0.15) is 4.98 Å². The number of anilines is 1. The minimum atomic E-state index is -1.06. The van der Waals surface area contributed by atoms with Gasteiger partial charge in [0.15, 0.2) is 12.3 Å². The van der Waals surface area contributed by atoms with Crippen LogP contribution in [0.15, 0.2) is 78.0 Å². The molecule has 2 N–H and O–H groups in total. The molecule has 0 radical (unpaired) electrons. The number of thioether (sulfide) groups is 1. The Kier molecular flexibility index (Phi) is 6.49. The van der Waals surface area contributed by atoms with E-state index in [9.17, 15) is 4.79 Å². The maximum absolute atomic E-state index is 11.1. The number of fused-ring (bicyclic) bond motifs is 3. The zero-order valence-corrected chi connectivity index (χ0v) is 19.7. The van der Waals surface area contributed by atoms with E-state index in [4.69, 9.17) is 14.6 Å². The lowest BCUT2D eigenvalue weighted by molar-refractivity contribution is -0.139. The summed E-state index contributed by atoms with van der Waals surface area (Å²) in [6.45, 7) is 1.60. The molecule has 0 spiro atoms. The van der Waals surface area contributed by atoms with Crippen molar-refractivity contribution in [2.24, 2.45) is 0 Å². The van der Waals surface area contributed by atoms with Gasteiger partial charge in [0.2, 0.25) is 17.3 Å². The molecule has 176 valence electrons. The number of hydrogen-bond acceptors (Lipinski definition) is 8. The number of aliphatic carboxylic acids is 1. The second-order valence-corrected chi connectivity index (χ2v) is 8.87. The first-order chi connectivity index (χ1) is 17.1. The van der Waals surface area contributed by atoms with Crippen molar-refractivity contribution in [3.63, 3.8) is 0 Å². The fraction of sp³-hybridized carbons (Fsp3) is 0.154. The minimum Gasteiger partial charge on any atom is -0.481 e. The van der Waals surface area contributed by atoms with Gasteiger partial charge in [0.25, 0.3) is 0 Å². The average Bonchev–Trinajstić information content (AvgIpc) is 3.04. The maximum Gasteiger partial charge on any atom is 0.341 e. The number of carboxylic acid groups (broad SMARTS) is 1. The number of ether oxygens (including phenoxy) is 2. The van der Waals surface area contributed by atoms with Crippen molar-refractivity contribution in [2.45, 2.75) is 24.1 Å². The molecule has 0 fully saturated rings. The van der Waals surface area contributed by atoms with Crippen LogP contribution in [0.1, 0.15) is 22.9 Å². The van der Waals surface area contributed by atoms with Gasteiger partial charge in [0.05, 0.1) is 5.56 Å². The molecule has 0 bridgehead atoms. The van der Waals surface area contributed by atoms with Gasteiger partial charge in [0.1, 0.15) is 5.75 Å². The smallest absolute Gasteiger partial charge is 0.341 e. The first-order valence-corrected chi connectivity index (χ1v) is 11.9. The van der Waals surface area contributed by atoms with E-state index >= 15 is 0 Å². The summed E-state index contributed by atoms with van der Waals surface area (Å²) < 4.78 is 11.8. The zero-order valence-electron chi connectivity index (χ0n) is 18.8. The first kappa shape index (κ1) is 22.7. The van der Waals surface area contributed by atoms with Crippen molar-refractivity contribution in [1.29, 1.82) is 0 Å². The summed E-state index contributed by atoms with van der Waals surface area (Å²) >= 11 is 1.48. The van der Waals surface area contributed by atoms with E-state index in [-0.39, 0.29) is 0 Å². The van der Waals surface area contributed by atoms with Gasteiger partial charge in [0, 0.05) is 17.0 Å². The fourth-order valence-corrected chi connectivity index (χ4v) is 4.38. The third-order valence-corrected chi connectivity index (χ3v) is 6.28. The van der Waals surface area contributed by atoms with Gasteiger partial charge in [-0.15, -0.1) is 10.2 Å². The molecular formula is C26H22N4O4S. The fourth-order valence-electron chi connectivity index (χ4n) is 3.65. The number of carboxylic acids is 1. The summed E-state index contributed by atoms with van der Waals surface area (Å²) in [6, 6.07) is 23.1. The molecule has 8 nitrogen and oxygen atoms in total. The van der Waals surface area contributed by atoms with E-state index in [1.807, 2.05) is 36.4 Å². The molecule has 35 heavy (non-hydrogen) atoms. The van der Waals surface area contributed by atoms with E-state index in [0.29, 0.717) is 33.8 Å². The topological polar surface area (TPSA) is 106 Å². The van der Waals surface area contributed by atoms with E-state index < -0.39 is 18.8 Å². The van der Waals surface area contributed by atoms with Gasteiger partial charge in [-0.25, -0.2) is 4.79 Å². The normalized spacial score (nSPS) is 14.0. The lowest BCUT2D eigenvalue weighted by Crippen LogP contribution is -2.19. The Balaban J connectivity index is 1.48. The van der Waals surface area contributed by atoms with Crippen LogP contribution in [0.4, 0.5) is 5.69 Å². The quantitative estimate of drug-likeness (QED) is 0.345. The van der Waals surface area contributed by atoms with Crippen molar-refractivity contribution in [3.05, 3.63) is 89.5 Å². The van der Waals surface area contributed by atoms with Crippen molar-refractivity contribution >= 4 is 23.4 Å². The molecule has 0 amide bonds. The van der Waals surface area contributed by atoms with Crippen LogP contribution in [0.5, 0.6) is 11.6 Å². The van der Waals surface area contributed by atoms with Crippen LogP contribution in [-0.4, -0.2) is 32.9 Å². The van der Waals surface area contributed by atoms with E-state index in [2.05, 4.69) is 51.7 Å². The molecule has 0 saturated carbocycles. The number of benzene rings is 3. The van der Waals surface area contributed by atoms with Gasteiger partial charge in [-0.3, -0.25) is 0 Å². The molecule has 0 aliphatic carbocycles. The van der Waals surface area contributed by atoms with Crippen LogP contribution in [0, 0.1) is 6.92 Å². The molecule has 0 saturated heterocycles. The summed E-state index contributed by atoms with van der Waals surface area (Å²) in [5.41, 5.74) is 5.14. The average molecular weight is 487 g/mol. The summed E-state index contributed by atoms with van der Waals surface area (Å²) in [4.78, 5) is 15.7. The zero-order chi connectivity index (χ0) is 24.2. The van der Waals surface area contributed by atoms with Crippen molar-refractivity contribution in [3.8, 4) is 22.9 Å². The number of nitrogens with zero attached hydrogens (tertiary/aromatic N) is 3. The number of rotatable bonds is 7. The van der Waals surface area contributed by atoms with Crippen LogP contribution in [0.3, 0.4) is 0 Å². The molecule has 5 rings (SSSR count). The highest BCUT2D eigenvalue weighted by atomic mass is 32.2. The van der Waals surface area contributed by atoms with Gasteiger partial charge >= 0.3 is 5.97 Å². The lowest BCUT2D eigenvalue weighted by atomic mass is 10.1. The Morgan fingerprint density at radius 3 is 2.66 bits per heavy atom. The lowest BCUT2D eigenvalue weighted by Gasteiger charge is -2.21. The highest BCUT2D eigenvalue weighted by Crippen LogP contribution is 2.41. The Bertz CT molecular complexity index is 1360. The highest BCUT2D eigenvalue weighted by molar-refractivity contribution is 7.98. The number of hydrogen-bond donors (Lipinski definition) is 2. The third kappa shape index (κ3) is 5.20. The predicted molar refractivity (Wildman–Crippen MR) is 133 cm³/mol. The number of aryl methyl sites for hydroxylation is 1. The van der Waals surface area contributed by atoms with Crippen LogP contribution in [0.25, 0.3) is 11.3 Å². The molecule has 1 atom stereocenters. The monoisotopic (exact) mass is 486 g/mol. The van der Waals surface area contributed by atoms with Crippen LogP contribution < -0.4 is 14.8 Å². The molecule has 9 heteroatoms. The highest BCUT2D eigenvalue weighted by Gasteiger charge is 2.28. The Labute approximate surface area is 206 Å². The van der Waals surface area contributed by atoms with Crippen LogP contribution >= 0.6 is 11.8 Å². The minimum absolute atomic E-state index is 0.335. The van der Waals surface area contributed by atoms with Crippen molar-refractivity contribution < 1.29 is 19.4 Å². The first-order valence-electron chi connectivity index (χ1n) is 11.0. The summed E-state index contributed by atoms with van der Waals surface area (Å²) in [5.74, 6) is 0.383.